The first-order chi connectivity index (χ1) is 15.5. The first kappa shape index (κ1) is 20.6. The quantitative estimate of drug-likeness (QED) is 0.261. The minimum absolute atomic E-state index is 0.0795. The number of benzene rings is 3. The summed E-state index contributed by atoms with van der Waals surface area (Å²) in [7, 11) is 0. The van der Waals surface area contributed by atoms with Crippen LogP contribution in [0.3, 0.4) is 0 Å². The fourth-order valence-electron chi connectivity index (χ4n) is 4.79. The van der Waals surface area contributed by atoms with Gasteiger partial charge in [-0.2, -0.15) is 0 Å². The van der Waals surface area contributed by atoms with Crippen molar-refractivity contribution in [3.63, 3.8) is 0 Å². The summed E-state index contributed by atoms with van der Waals surface area (Å²) in [6, 6.07) is 18.9. The average molecular weight is 447 g/mol. The monoisotopic (exact) mass is 446 g/mol. The van der Waals surface area contributed by atoms with Crippen molar-refractivity contribution >= 4 is 23.0 Å². The summed E-state index contributed by atoms with van der Waals surface area (Å²) < 4.78 is 5.89. The zero-order valence-corrected chi connectivity index (χ0v) is 18.4. The van der Waals surface area contributed by atoms with Crippen LogP contribution in [0, 0.1) is 23.0 Å². The van der Waals surface area contributed by atoms with Gasteiger partial charge in [0.1, 0.15) is 12.4 Å². The number of anilines is 1. The first-order valence-corrected chi connectivity index (χ1v) is 11.1. The van der Waals surface area contributed by atoms with Gasteiger partial charge in [-0.15, -0.1) is 0 Å². The van der Waals surface area contributed by atoms with Crippen LogP contribution in [-0.2, 0) is 6.61 Å². The molecule has 1 aliphatic carbocycles. The highest BCUT2D eigenvalue weighted by molar-refractivity contribution is 6.32. The Bertz CT molecular complexity index is 1190. The number of hydrogen-bond acceptors (Lipinski definition) is 4. The summed E-state index contributed by atoms with van der Waals surface area (Å²) in [6.07, 6.45) is 5.58. The van der Waals surface area contributed by atoms with Gasteiger partial charge in [0.2, 0.25) is 0 Å². The Morgan fingerprint density at radius 3 is 2.56 bits per heavy atom. The lowest BCUT2D eigenvalue weighted by Gasteiger charge is -2.38. The van der Waals surface area contributed by atoms with Crippen LogP contribution in [0.25, 0.3) is 0 Å². The Labute approximate surface area is 191 Å². The fourth-order valence-corrected chi connectivity index (χ4v) is 5.07. The molecule has 0 fully saturated rings. The molecule has 5 rings (SSSR count). The van der Waals surface area contributed by atoms with Crippen LogP contribution < -0.4 is 10.1 Å². The summed E-state index contributed by atoms with van der Waals surface area (Å²) in [5.74, 6) is 1.51. The highest BCUT2D eigenvalue weighted by atomic mass is 35.5. The van der Waals surface area contributed by atoms with E-state index in [-0.39, 0.29) is 11.7 Å². The van der Waals surface area contributed by atoms with E-state index in [0.29, 0.717) is 18.4 Å². The van der Waals surface area contributed by atoms with E-state index in [1.165, 1.54) is 28.8 Å². The van der Waals surface area contributed by atoms with Crippen molar-refractivity contribution in [3.05, 3.63) is 110 Å². The Balaban J connectivity index is 1.33. The zero-order valence-electron chi connectivity index (χ0n) is 17.6. The van der Waals surface area contributed by atoms with E-state index < -0.39 is 4.92 Å². The molecule has 3 aromatic rings. The molecular formula is C26H23ClN2O3. The van der Waals surface area contributed by atoms with Gasteiger partial charge in [-0.05, 0) is 66.3 Å². The number of aryl methyl sites for hydroxylation is 1. The van der Waals surface area contributed by atoms with Crippen LogP contribution in [0.4, 0.5) is 11.4 Å². The van der Waals surface area contributed by atoms with Crippen LogP contribution >= 0.6 is 11.6 Å². The molecule has 0 bridgehead atoms. The Kier molecular flexibility index (Phi) is 5.35. The van der Waals surface area contributed by atoms with E-state index in [2.05, 4.69) is 42.6 Å². The fraction of sp³-hybridized carbons (Fsp3) is 0.231. The molecule has 1 aliphatic heterocycles. The number of nitrogens with zero attached hydrogens (tertiary/aromatic N) is 1. The van der Waals surface area contributed by atoms with Gasteiger partial charge in [-0.25, -0.2) is 0 Å². The van der Waals surface area contributed by atoms with Gasteiger partial charge in [-0.1, -0.05) is 42.0 Å². The Morgan fingerprint density at radius 2 is 1.84 bits per heavy atom. The molecule has 1 heterocycles. The summed E-state index contributed by atoms with van der Waals surface area (Å²) in [5, 5.41) is 15.4. The molecule has 5 nitrogen and oxygen atoms in total. The second-order valence-electron chi connectivity index (χ2n) is 8.41. The van der Waals surface area contributed by atoms with Crippen molar-refractivity contribution < 1.29 is 9.66 Å². The molecule has 162 valence electrons. The lowest BCUT2D eigenvalue weighted by Crippen LogP contribution is -2.29. The highest BCUT2D eigenvalue weighted by Gasteiger charge is 2.39. The molecule has 0 saturated heterocycles. The first-order valence-electron chi connectivity index (χ1n) is 10.7. The van der Waals surface area contributed by atoms with Gasteiger partial charge in [0, 0.05) is 34.3 Å². The van der Waals surface area contributed by atoms with Gasteiger partial charge in [-0.3, -0.25) is 10.1 Å². The Morgan fingerprint density at radius 1 is 1.09 bits per heavy atom. The number of nitrogens with one attached hydrogen (secondary N) is 1. The predicted octanol–water partition coefficient (Wildman–Crippen LogP) is 6.96. The van der Waals surface area contributed by atoms with Crippen molar-refractivity contribution in [3.8, 4) is 5.75 Å². The maximum atomic E-state index is 10.8. The molecular weight excluding hydrogens is 424 g/mol. The summed E-state index contributed by atoms with van der Waals surface area (Å²) in [4.78, 5) is 10.4. The second-order valence-corrected chi connectivity index (χ2v) is 8.82. The van der Waals surface area contributed by atoms with E-state index in [4.69, 9.17) is 16.3 Å². The van der Waals surface area contributed by atoms with Crippen molar-refractivity contribution in [2.75, 3.05) is 5.32 Å². The van der Waals surface area contributed by atoms with Crippen molar-refractivity contribution in [1.82, 2.24) is 0 Å². The summed E-state index contributed by atoms with van der Waals surface area (Å²) in [5.41, 5.74) is 5.75. The highest BCUT2D eigenvalue weighted by Crippen LogP contribution is 2.52. The predicted molar refractivity (Wildman–Crippen MR) is 126 cm³/mol. The van der Waals surface area contributed by atoms with Crippen LogP contribution in [-0.4, -0.2) is 4.92 Å². The van der Waals surface area contributed by atoms with Crippen molar-refractivity contribution in [1.29, 1.82) is 0 Å². The molecule has 1 N–H and O–H groups in total. The van der Waals surface area contributed by atoms with E-state index in [1.807, 2.05) is 18.2 Å². The summed E-state index contributed by atoms with van der Waals surface area (Å²) >= 11 is 6.58. The number of nitro groups is 1. The largest absolute Gasteiger partial charge is 0.489 e. The van der Waals surface area contributed by atoms with Crippen LogP contribution in [0.2, 0.25) is 5.02 Å². The molecule has 32 heavy (non-hydrogen) atoms. The number of nitro benzene ring substituents is 1. The number of non-ortho nitro benzene ring substituents is 1. The van der Waals surface area contributed by atoms with Gasteiger partial charge in [0.05, 0.1) is 11.0 Å². The van der Waals surface area contributed by atoms with Gasteiger partial charge >= 0.3 is 0 Å². The minimum Gasteiger partial charge on any atom is -0.489 e. The van der Waals surface area contributed by atoms with Gasteiger partial charge in [0.25, 0.3) is 5.69 Å². The number of allylic oxidation sites excluding steroid dienone is 2. The van der Waals surface area contributed by atoms with Crippen molar-refractivity contribution in [2.45, 2.75) is 31.9 Å². The third-order valence-corrected chi connectivity index (χ3v) is 6.80. The molecule has 0 saturated carbocycles. The number of fused-ring (bicyclic) bond motifs is 3. The van der Waals surface area contributed by atoms with E-state index in [0.717, 1.165) is 28.4 Å². The lowest BCUT2D eigenvalue weighted by atomic mass is 9.76. The van der Waals surface area contributed by atoms with Crippen LogP contribution in [0.15, 0.2) is 72.8 Å². The lowest BCUT2D eigenvalue weighted by molar-refractivity contribution is -0.384. The van der Waals surface area contributed by atoms with E-state index >= 15 is 0 Å². The number of rotatable bonds is 5. The van der Waals surface area contributed by atoms with Gasteiger partial charge in [0.15, 0.2) is 0 Å². The second kappa shape index (κ2) is 8.32. The molecule has 0 radical (unpaired) electrons. The average Bonchev–Trinajstić information content (AvgIpc) is 3.30. The smallest absolute Gasteiger partial charge is 0.269 e. The van der Waals surface area contributed by atoms with E-state index in [9.17, 15) is 10.1 Å². The normalized spacial score (nSPS) is 20.9. The maximum Gasteiger partial charge on any atom is 0.269 e. The van der Waals surface area contributed by atoms with Crippen LogP contribution in [0.5, 0.6) is 5.75 Å². The van der Waals surface area contributed by atoms with Crippen LogP contribution in [0.1, 0.15) is 40.6 Å². The number of halogens is 1. The third kappa shape index (κ3) is 3.73. The number of ether oxygens (including phenoxy) is 1. The van der Waals surface area contributed by atoms with E-state index in [1.54, 1.807) is 12.1 Å². The third-order valence-electron chi connectivity index (χ3n) is 6.47. The molecule has 0 spiro atoms. The van der Waals surface area contributed by atoms with Gasteiger partial charge < -0.3 is 10.1 Å². The van der Waals surface area contributed by atoms with Crippen molar-refractivity contribution in [2.24, 2.45) is 5.92 Å². The molecule has 3 aromatic carbocycles. The zero-order chi connectivity index (χ0) is 22.2. The maximum absolute atomic E-state index is 10.8. The molecule has 3 unspecified atom stereocenters. The molecule has 2 aliphatic rings. The molecule has 0 amide bonds. The molecule has 0 aromatic heterocycles. The topological polar surface area (TPSA) is 64.4 Å². The SMILES string of the molecule is Cc1ccc(Cl)c2c1NC(c1ccc(OCc3ccc([N+](=O)[O-])cc3)cc1)C1CC=CC21. The Hall–Kier alpha value is -3.31. The number of hydrogen-bond donors (Lipinski definition) is 1. The minimum atomic E-state index is -0.402. The summed E-state index contributed by atoms with van der Waals surface area (Å²) in [6.45, 7) is 2.48. The molecule has 3 atom stereocenters. The molecule has 6 heteroatoms. The standard InChI is InChI=1S/C26H23ClN2O3/c1-16-5-14-23(27)24-21-3-2-4-22(21)26(28-25(16)24)18-8-12-20(13-9-18)32-15-17-6-10-19(11-7-17)29(30)31/h2-3,5-14,21-22,26,28H,4,15H2,1H3.